The normalized spacial score (nSPS) is 12.7. The maximum absolute atomic E-state index is 5.62. The van der Waals surface area contributed by atoms with Crippen molar-refractivity contribution < 1.29 is 4.42 Å². The molecule has 1 N–H and O–H groups in total. The van der Waals surface area contributed by atoms with E-state index < -0.39 is 0 Å². The van der Waals surface area contributed by atoms with Crippen molar-refractivity contribution >= 4 is 11.8 Å². The summed E-state index contributed by atoms with van der Waals surface area (Å²) in [7, 11) is 1.96. The standard InChI is InChI=1S/C14H18N2OS/c1-9-11(3)17-14(16-9)18-13-8-6-5-7-12(13)10(2)15-4/h5-8,10,15H,1-4H3. The van der Waals surface area contributed by atoms with Crippen LogP contribution in [0.1, 0.15) is 30.0 Å². The number of hydrogen-bond acceptors (Lipinski definition) is 4. The Morgan fingerprint density at radius 3 is 2.61 bits per heavy atom. The maximum atomic E-state index is 5.62. The van der Waals surface area contributed by atoms with Crippen molar-refractivity contribution in [2.75, 3.05) is 7.05 Å². The minimum atomic E-state index is 0.311. The van der Waals surface area contributed by atoms with Gasteiger partial charge in [0.25, 0.3) is 5.22 Å². The molecule has 1 atom stereocenters. The van der Waals surface area contributed by atoms with Gasteiger partial charge in [-0.15, -0.1) is 0 Å². The highest BCUT2D eigenvalue weighted by Crippen LogP contribution is 2.33. The number of oxazole rings is 1. The summed E-state index contributed by atoms with van der Waals surface area (Å²) in [6.45, 7) is 6.05. The van der Waals surface area contributed by atoms with E-state index in [2.05, 4.69) is 35.4 Å². The number of aryl methyl sites for hydroxylation is 2. The van der Waals surface area contributed by atoms with E-state index in [1.165, 1.54) is 10.5 Å². The Hall–Kier alpha value is -1.26. The van der Waals surface area contributed by atoms with Crippen LogP contribution in [0, 0.1) is 13.8 Å². The quantitative estimate of drug-likeness (QED) is 0.911. The van der Waals surface area contributed by atoms with Crippen molar-refractivity contribution in [3.05, 3.63) is 41.3 Å². The molecule has 0 radical (unpaired) electrons. The van der Waals surface area contributed by atoms with Crippen LogP contribution in [0.4, 0.5) is 0 Å². The molecular weight excluding hydrogens is 244 g/mol. The molecule has 0 aliphatic carbocycles. The van der Waals surface area contributed by atoms with Crippen LogP contribution in [0.15, 0.2) is 38.8 Å². The van der Waals surface area contributed by atoms with Crippen molar-refractivity contribution in [3.8, 4) is 0 Å². The Labute approximate surface area is 112 Å². The van der Waals surface area contributed by atoms with Gasteiger partial charge in [-0.05, 0) is 51.2 Å². The van der Waals surface area contributed by atoms with Crippen LogP contribution in [-0.2, 0) is 0 Å². The highest BCUT2D eigenvalue weighted by atomic mass is 32.2. The zero-order chi connectivity index (χ0) is 13.1. The second-order valence-corrected chi connectivity index (χ2v) is 5.26. The third-order valence-corrected chi connectivity index (χ3v) is 3.97. The van der Waals surface area contributed by atoms with Crippen molar-refractivity contribution in [3.63, 3.8) is 0 Å². The molecule has 0 saturated carbocycles. The molecule has 0 aliphatic heterocycles. The van der Waals surface area contributed by atoms with Crippen molar-refractivity contribution in [2.24, 2.45) is 0 Å². The molecule has 4 heteroatoms. The summed E-state index contributed by atoms with van der Waals surface area (Å²) in [6.07, 6.45) is 0. The summed E-state index contributed by atoms with van der Waals surface area (Å²) < 4.78 is 5.62. The Bertz CT molecular complexity index is 517. The molecule has 0 amide bonds. The number of benzene rings is 1. The van der Waals surface area contributed by atoms with Gasteiger partial charge in [0.05, 0.1) is 5.69 Å². The second kappa shape index (κ2) is 5.59. The van der Waals surface area contributed by atoms with E-state index in [0.29, 0.717) is 11.3 Å². The predicted molar refractivity (Wildman–Crippen MR) is 74.0 cm³/mol. The summed E-state index contributed by atoms with van der Waals surface area (Å²) in [5.41, 5.74) is 2.22. The second-order valence-electron chi connectivity index (χ2n) is 4.27. The molecule has 1 aromatic carbocycles. The lowest BCUT2D eigenvalue weighted by Gasteiger charge is -2.14. The highest BCUT2D eigenvalue weighted by Gasteiger charge is 2.13. The van der Waals surface area contributed by atoms with Gasteiger partial charge in [0.2, 0.25) is 0 Å². The van der Waals surface area contributed by atoms with Crippen molar-refractivity contribution in [1.82, 2.24) is 10.3 Å². The zero-order valence-electron chi connectivity index (χ0n) is 11.2. The smallest absolute Gasteiger partial charge is 0.261 e. The van der Waals surface area contributed by atoms with E-state index >= 15 is 0 Å². The summed E-state index contributed by atoms with van der Waals surface area (Å²) in [5, 5.41) is 3.97. The van der Waals surface area contributed by atoms with E-state index in [-0.39, 0.29) is 0 Å². The first-order valence-electron chi connectivity index (χ1n) is 6.00. The van der Waals surface area contributed by atoms with E-state index in [1.807, 2.05) is 27.0 Å². The van der Waals surface area contributed by atoms with Crippen LogP contribution in [-0.4, -0.2) is 12.0 Å². The van der Waals surface area contributed by atoms with Crippen molar-refractivity contribution in [2.45, 2.75) is 36.9 Å². The van der Waals surface area contributed by atoms with Crippen molar-refractivity contribution in [1.29, 1.82) is 0 Å². The van der Waals surface area contributed by atoms with Crippen LogP contribution in [0.25, 0.3) is 0 Å². The third-order valence-electron chi connectivity index (χ3n) is 3.02. The summed E-state index contributed by atoms with van der Waals surface area (Å²) >= 11 is 1.58. The first kappa shape index (κ1) is 13.2. The molecule has 2 rings (SSSR count). The van der Waals surface area contributed by atoms with Crippen LogP contribution in [0.5, 0.6) is 0 Å². The minimum Gasteiger partial charge on any atom is -0.436 e. The summed E-state index contributed by atoms with van der Waals surface area (Å²) in [6, 6.07) is 8.64. The molecule has 96 valence electrons. The molecule has 2 aromatic rings. The van der Waals surface area contributed by atoms with E-state index in [0.717, 1.165) is 11.5 Å². The van der Waals surface area contributed by atoms with Crippen LogP contribution < -0.4 is 5.32 Å². The molecule has 0 spiro atoms. The predicted octanol–water partition coefficient (Wildman–Crippen LogP) is 3.72. The Kier molecular flexibility index (Phi) is 4.09. The summed E-state index contributed by atoms with van der Waals surface area (Å²) in [5.74, 6) is 0.886. The molecule has 3 nitrogen and oxygen atoms in total. The number of rotatable bonds is 4. The van der Waals surface area contributed by atoms with Crippen LogP contribution >= 0.6 is 11.8 Å². The maximum Gasteiger partial charge on any atom is 0.261 e. The lowest BCUT2D eigenvalue weighted by molar-refractivity contribution is 0.431. The van der Waals surface area contributed by atoms with E-state index in [1.54, 1.807) is 11.8 Å². The Morgan fingerprint density at radius 1 is 1.28 bits per heavy atom. The number of nitrogens with one attached hydrogen (secondary N) is 1. The largest absolute Gasteiger partial charge is 0.436 e. The fourth-order valence-corrected chi connectivity index (χ4v) is 2.71. The van der Waals surface area contributed by atoms with Gasteiger partial charge in [0, 0.05) is 10.9 Å². The number of hydrogen-bond donors (Lipinski definition) is 1. The van der Waals surface area contributed by atoms with Gasteiger partial charge in [-0.1, -0.05) is 18.2 Å². The lowest BCUT2D eigenvalue weighted by atomic mass is 10.1. The summed E-state index contributed by atoms with van der Waals surface area (Å²) in [4.78, 5) is 5.59. The van der Waals surface area contributed by atoms with Crippen LogP contribution in [0.2, 0.25) is 0 Å². The fourth-order valence-electron chi connectivity index (χ4n) is 1.67. The molecule has 18 heavy (non-hydrogen) atoms. The van der Waals surface area contributed by atoms with Gasteiger partial charge >= 0.3 is 0 Å². The Balaban J connectivity index is 2.28. The Morgan fingerprint density at radius 2 is 2.00 bits per heavy atom. The molecular formula is C14H18N2OS. The highest BCUT2D eigenvalue weighted by molar-refractivity contribution is 7.99. The lowest BCUT2D eigenvalue weighted by Crippen LogP contribution is -2.12. The van der Waals surface area contributed by atoms with E-state index in [4.69, 9.17) is 4.42 Å². The van der Waals surface area contributed by atoms with Crippen LogP contribution in [0.3, 0.4) is 0 Å². The minimum absolute atomic E-state index is 0.311. The van der Waals surface area contributed by atoms with Gasteiger partial charge in [-0.25, -0.2) is 4.98 Å². The monoisotopic (exact) mass is 262 g/mol. The number of nitrogens with zero attached hydrogens (tertiary/aromatic N) is 1. The average molecular weight is 262 g/mol. The molecule has 1 heterocycles. The SMILES string of the molecule is CNC(C)c1ccccc1Sc1nc(C)c(C)o1. The molecule has 0 saturated heterocycles. The molecule has 1 unspecified atom stereocenters. The molecule has 0 aliphatic rings. The number of aromatic nitrogens is 1. The third kappa shape index (κ3) is 2.76. The van der Waals surface area contributed by atoms with Gasteiger partial charge in [-0.3, -0.25) is 0 Å². The zero-order valence-corrected chi connectivity index (χ0v) is 12.0. The van der Waals surface area contributed by atoms with Gasteiger partial charge in [0.1, 0.15) is 5.76 Å². The first-order chi connectivity index (χ1) is 8.61. The topological polar surface area (TPSA) is 38.1 Å². The molecule has 0 fully saturated rings. The molecule has 1 aromatic heterocycles. The van der Waals surface area contributed by atoms with E-state index in [9.17, 15) is 0 Å². The van der Waals surface area contributed by atoms with Gasteiger partial charge < -0.3 is 9.73 Å². The average Bonchev–Trinajstić information content (AvgIpc) is 2.68. The van der Waals surface area contributed by atoms with Gasteiger partial charge in [0.15, 0.2) is 0 Å². The van der Waals surface area contributed by atoms with Gasteiger partial charge in [-0.2, -0.15) is 0 Å². The molecule has 0 bridgehead atoms. The first-order valence-corrected chi connectivity index (χ1v) is 6.81. The fraction of sp³-hybridized carbons (Fsp3) is 0.357.